The van der Waals surface area contributed by atoms with Crippen LogP contribution in [-0.2, 0) is 6.54 Å². The summed E-state index contributed by atoms with van der Waals surface area (Å²) < 4.78 is 7.33. The topological polar surface area (TPSA) is 64.3 Å². The number of aliphatic hydroxyl groups is 1. The van der Waals surface area contributed by atoms with E-state index in [1.807, 2.05) is 56.3 Å². The molecule has 1 aromatic heterocycles. The fourth-order valence-corrected chi connectivity index (χ4v) is 3.66. The van der Waals surface area contributed by atoms with Gasteiger partial charge in [-0.25, -0.2) is 4.98 Å². The number of aryl methyl sites for hydroxylation is 1. The van der Waals surface area contributed by atoms with Gasteiger partial charge in [0.1, 0.15) is 12.4 Å². The molecule has 3 aromatic rings. The summed E-state index contributed by atoms with van der Waals surface area (Å²) in [4.78, 5) is 17.4. The van der Waals surface area contributed by atoms with E-state index in [1.54, 1.807) is 10.6 Å². The summed E-state index contributed by atoms with van der Waals surface area (Å²) in [5, 5.41) is 11.5. The van der Waals surface area contributed by atoms with Crippen LogP contribution >= 0.6 is 11.8 Å². The van der Waals surface area contributed by atoms with Crippen LogP contribution in [0.25, 0.3) is 10.9 Å². The molecule has 0 bridgehead atoms. The van der Waals surface area contributed by atoms with Crippen molar-refractivity contribution >= 4 is 22.7 Å². The van der Waals surface area contributed by atoms with Gasteiger partial charge in [0.05, 0.1) is 17.0 Å². The first-order valence-corrected chi connectivity index (χ1v) is 10.1. The van der Waals surface area contributed by atoms with Crippen molar-refractivity contribution < 1.29 is 9.84 Å². The number of hydrogen-bond acceptors (Lipinski definition) is 5. The fraction of sp³-hybridized carbons (Fsp3) is 0.333. The molecular weight excluding hydrogens is 360 g/mol. The number of thioether (sulfide) groups is 1. The lowest BCUT2D eigenvalue weighted by atomic mass is 10.2. The predicted molar refractivity (Wildman–Crippen MR) is 110 cm³/mol. The highest BCUT2D eigenvalue weighted by Gasteiger charge is 2.13. The predicted octanol–water partition coefficient (Wildman–Crippen LogP) is 3.65. The van der Waals surface area contributed by atoms with Crippen molar-refractivity contribution in [2.45, 2.75) is 38.1 Å². The minimum Gasteiger partial charge on any atom is -0.491 e. The molecule has 0 saturated heterocycles. The molecule has 1 heterocycles. The molecule has 0 spiro atoms. The Labute approximate surface area is 163 Å². The van der Waals surface area contributed by atoms with E-state index in [0.717, 1.165) is 17.7 Å². The van der Waals surface area contributed by atoms with Crippen molar-refractivity contribution in [1.82, 2.24) is 9.55 Å². The number of fused-ring (bicyclic) bond motifs is 1. The maximum absolute atomic E-state index is 12.7. The standard InChI is InChI=1S/C21H24N2O3S/c1-3-12-23-20(25)18-6-4-5-7-19(18)22-21(23)27-14-16(24)13-26-17-10-8-15(2)9-11-17/h4-11,16,24H,3,12-14H2,1-2H3/t16-/m0/s1. The summed E-state index contributed by atoms with van der Waals surface area (Å²) >= 11 is 1.38. The maximum Gasteiger partial charge on any atom is 0.262 e. The van der Waals surface area contributed by atoms with Gasteiger partial charge in [-0.2, -0.15) is 0 Å². The molecule has 6 heteroatoms. The van der Waals surface area contributed by atoms with Crippen LogP contribution in [0.2, 0.25) is 0 Å². The molecule has 0 amide bonds. The van der Waals surface area contributed by atoms with Gasteiger partial charge in [-0.15, -0.1) is 0 Å². The van der Waals surface area contributed by atoms with Crippen LogP contribution in [0.1, 0.15) is 18.9 Å². The molecule has 0 radical (unpaired) electrons. The summed E-state index contributed by atoms with van der Waals surface area (Å²) in [6, 6.07) is 15.1. The molecule has 142 valence electrons. The van der Waals surface area contributed by atoms with Crippen LogP contribution in [0.4, 0.5) is 0 Å². The highest BCUT2D eigenvalue weighted by molar-refractivity contribution is 7.99. The zero-order valence-electron chi connectivity index (χ0n) is 15.6. The normalized spacial score (nSPS) is 12.3. The van der Waals surface area contributed by atoms with Gasteiger partial charge < -0.3 is 9.84 Å². The highest BCUT2D eigenvalue weighted by Crippen LogP contribution is 2.19. The SMILES string of the molecule is CCCn1c(SC[C@@H](O)COc2ccc(C)cc2)nc2ccccc2c1=O. The smallest absolute Gasteiger partial charge is 0.262 e. The number of hydrogen-bond donors (Lipinski definition) is 1. The summed E-state index contributed by atoms with van der Waals surface area (Å²) in [5.41, 5.74) is 1.81. The Kier molecular flexibility index (Phi) is 6.53. The number of para-hydroxylation sites is 1. The molecule has 0 aliphatic rings. The number of benzene rings is 2. The minimum atomic E-state index is -0.658. The van der Waals surface area contributed by atoms with E-state index < -0.39 is 6.10 Å². The Morgan fingerprint density at radius 1 is 1.19 bits per heavy atom. The average Bonchev–Trinajstić information content (AvgIpc) is 2.68. The van der Waals surface area contributed by atoms with Gasteiger partial charge in [0, 0.05) is 12.3 Å². The molecule has 2 aromatic carbocycles. The van der Waals surface area contributed by atoms with E-state index in [0.29, 0.717) is 28.4 Å². The first-order valence-electron chi connectivity index (χ1n) is 9.08. The Hall–Kier alpha value is -2.31. The largest absolute Gasteiger partial charge is 0.491 e. The van der Waals surface area contributed by atoms with Gasteiger partial charge >= 0.3 is 0 Å². The zero-order chi connectivity index (χ0) is 19.2. The third kappa shape index (κ3) is 4.90. The molecule has 0 aliphatic heterocycles. The third-order valence-electron chi connectivity index (χ3n) is 4.14. The van der Waals surface area contributed by atoms with E-state index in [-0.39, 0.29) is 12.2 Å². The number of rotatable bonds is 8. The Morgan fingerprint density at radius 2 is 1.93 bits per heavy atom. The molecule has 1 atom stereocenters. The van der Waals surface area contributed by atoms with Crippen LogP contribution in [0.3, 0.4) is 0 Å². The molecule has 0 unspecified atom stereocenters. The molecule has 27 heavy (non-hydrogen) atoms. The van der Waals surface area contributed by atoms with Gasteiger partial charge in [0.2, 0.25) is 0 Å². The lowest BCUT2D eigenvalue weighted by molar-refractivity contribution is 0.126. The van der Waals surface area contributed by atoms with Gasteiger partial charge in [0.15, 0.2) is 5.16 Å². The zero-order valence-corrected chi connectivity index (χ0v) is 16.4. The van der Waals surface area contributed by atoms with Crippen LogP contribution in [-0.4, -0.2) is 33.1 Å². The summed E-state index contributed by atoms with van der Waals surface area (Å²) in [7, 11) is 0. The molecule has 1 N–H and O–H groups in total. The molecule has 0 fully saturated rings. The monoisotopic (exact) mass is 384 g/mol. The second kappa shape index (κ2) is 9.06. The fourth-order valence-electron chi connectivity index (χ4n) is 2.72. The number of nitrogens with zero attached hydrogens (tertiary/aromatic N) is 2. The van der Waals surface area contributed by atoms with Gasteiger partial charge in [-0.05, 0) is 37.6 Å². The summed E-state index contributed by atoms with van der Waals surface area (Å²) in [6.07, 6.45) is 0.182. The van der Waals surface area contributed by atoms with Crippen LogP contribution in [0.15, 0.2) is 58.5 Å². The maximum atomic E-state index is 12.7. The van der Waals surface area contributed by atoms with Crippen molar-refractivity contribution in [2.75, 3.05) is 12.4 Å². The van der Waals surface area contributed by atoms with Gasteiger partial charge in [-0.3, -0.25) is 9.36 Å². The first-order chi connectivity index (χ1) is 13.1. The lowest BCUT2D eigenvalue weighted by Crippen LogP contribution is -2.25. The van der Waals surface area contributed by atoms with E-state index >= 15 is 0 Å². The van der Waals surface area contributed by atoms with E-state index in [4.69, 9.17) is 4.74 Å². The minimum absolute atomic E-state index is 0.0321. The molecule has 3 rings (SSSR count). The number of ether oxygens (including phenoxy) is 1. The summed E-state index contributed by atoms with van der Waals surface area (Å²) in [5.74, 6) is 1.14. The van der Waals surface area contributed by atoms with Gasteiger partial charge in [0.25, 0.3) is 5.56 Å². The molecule has 0 aliphatic carbocycles. The Bertz CT molecular complexity index is 954. The van der Waals surface area contributed by atoms with Crippen molar-refractivity contribution in [2.24, 2.45) is 0 Å². The Morgan fingerprint density at radius 3 is 2.67 bits per heavy atom. The van der Waals surface area contributed by atoms with Crippen LogP contribution in [0.5, 0.6) is 5.75 Å². The summed E-state index contributed by atoms with van der Waals surface area (Å²) in [6.45, 7) is 4.85. The van der Waals surface area contributed by atoms with Crippen LogP contribution in [0, 0.1) is 6.92 Å². The molecular formula is C21H24N2O3S. The van der Waals surface area contributed by atoms with Crippen molar-refractivity contribution in [3.05, 3.63) is 64.4 Å². The van der Waals surface area contributed by atoms with Gasteiger partial charge in [-0.1, -0.05) is 48.5 Å². The number of aliphatic hydroxyl groups excluding tert-OH is 1. The second-order valence-corrected chi connectivity index (χ2v) is 7.44. The van der Waals surface area contributed by atoms with E-state index in [9.17, 15) is 9.90 Å². The average molecular weight is 385 g/mol. The molecule has 5 nitrogen and oxygen atoms in total. The van der Waals surface area contributed by atoms with E-state index in [1.165, 1.54) is 11.8 Å². The Balaban J connectivity index is 1.69. The second-order valence-electron chi connectivity index (χ2n) is 6.46. The molecule has 0 saturated carbocycles. The van der Waals surface area contributed by atoms with Crippen molar-refractivity contribution in [3.8, 4) is 5.75 Å². The highest BCUT2D eigenvalue weighted by atomic mass is 32.2. The van der Waals surface area contributed by atoms with Crippen molar-refractivity contribution in [1.29, 1.82) is 0 Å². The lowest BCUT2D eigenvalue weighted by Gasteiger charge is -2.15. The number of aromatic nitrogens is 2. The quantitative estimate of drug-likeness (QED) is 0.474. The van der Waals surface area contributed by atoms with Crippen molar-refractivity contribution in [3.63, 3.8) is 0 Å². The first kappa shape index (κ1) is 19.5. The third-order valence-corrected chi connectivity index (χ3v) is 5.26. The van der Waals surface area contributed by atoms with E-state index in [2.05, 4.69) is 4.98 Å². The van der Waals surface area contributed by atoms with Crippen LogP contribution < -0.4 is 10.3 Å².